The molecule has 0 fully saturated rings. The Morgan fingerprint density at radius 1 is 0.706 bits per heavy atom. The van der Waals surface area contributed by atoms with E-state index in [0.29, 0.717) is 10.8 Å². The Kier molecular flexibility index (Phi) is 8.41. The highest BCUT2D eigenvalue weighted by atomic mass is 15.3. The van der Waals surface area contributed by atoms with Gasteiger partial charge in [0.1, 0.15) is 0 Å². The van der Waals surface area contributed by atoms with E-state index in [1.807, 2.05) is 0 Å². The molecule has 0 heterocycles. The summed E-state index contributed by atoms with van der Waals surface area (Å²) < 4.78 is 1.08. The summed E-state index contributed by atoms with van der Waals surface area (Å²) in [5, 5.41) is 0. The van der Waals surface area contributed by atoms with Crippen LogP contribution in [0.2, 0.25) is 0 Å². The van der Waals surface area contributed by atoms with E-state index < -0.39 is 0 Å². The van der Waals surface area contributed by atoms with Crippen LogP contribution in [0.3, 0.4) is 0 Å². The van der Waals surface area contributed by atoms with Gasteiger partial charge in [-0.3, -0.25) is 0 Å². The predicted molar refractivity (Wildman–Crippen MR) is 81.3 cm³/mol. The van der Waals surface area contributed by atoms with Crippen LogP contribution >= 0.6 is 0 Å². The van der Waals surface area contributed by atoms with Gasteiger partial charge in [-0.1, -0.05) is 54.9 Å². The van der Waals surface area contributed by atoms with Gasteiger partial charge >= 0.3 is 0 Å². The fourth-order valence-electron chi connectivity index (χ4n) is 1.42. The fourth-order valence-corrected chi connectivity index (χ4v) is 1.42. The minimum atomic E-state index is 0.492. The zero-order valence-electron chi connectivity index (χ0n) is 14.3. The van der Waals surface area contributed by atoms with Crippen LogP contribution in [0.4, 0.5) is 0 Å². The number of hydrogen-bond donors (Lipinski definition) is 0. The van der Waals surface area contributed by atoms with Crippen LogP contribution < -0.4 is 0 Å². The summed E-state index contributed by atoms with van der Waals surface area (Å²) in [7, 11) is 6.73. The van der Waals surface area contributed by atoms with E-state index in [0.717, 1.165) is 4.48 Å². The summed E-state index contributed by atoms with van der Waals surface area (Å²) in [5.41, 5.74) is 1.04. The van der Waals surface area contributed by atoms with E-state index in [2.05, 4.69) is 69.6 Å². The van der Waals surface area contributed by atoms with Crippen LogP contribution in [0, 0.1) is 10.8 Å². The molecule has 0 saturated heterocycles. The quantitative estimate of drug-likeness (QED) is 0.615. The molecule has 0 spiro atoms. The van der Waals surface area contributed by atoms with Crippen molar-refractivity contribution in [3.63, 3.8) is 0 Å². The molecule has 0 radical (unpaired) electrons. The average molecular weight is 244 g/mol. The van der Waals surface area contributed by atoms with Gasteiger partial charge in [0.15, 0.2) is 0 Å². The molecule has 1 heteroatoms. The maximum atomic E-state index is 2.29. The summed E-state index contributed by atoms with van der Waals surface area (Å²) >= 11 is 0. The molecule has 0 aliphatic rings. The van der Waals surface area contributed by atoms with Crippen molar-refractivity contribution >= 4 is 0 Å². The maximum Gasteiger partial charge on any atom is 0.0785 e. The Morgan fingerprint density at radius 2 is 1.06 bits per heavy atom. The molecule has 17 heavy (non-hydrogen) atoms. The minimum absolute atomic E-state index is 0.492. The largest absolute Gasteiger partial charge is 0.331 e. The number of hydrogen-bond acceptors (Lipinski definition) is 0. The molecule has 0 aliphatic heterocycles. The lowest BCUT2D eigenvalue weighted by Crippen LogP contribution is -2.37. The van der Waals surface area contributed by atoms with Gasteiger partial charge in [0.2, 0.25) is 0 Å². The molecule has 0 aliphatic carbocycles. The second-order valence-corrected chi connectivity index (χ2v) is 8.64. The van der Waals surface area contributed by atoms with E-state index in [9.17, 15) is 0 Å². The molecule has 0 atom stereocenters. The lowest BCUT2D eigenvalue weighted by atomic mass is 9.91. The van der Waals surface area contributed by atoms with Crippen molar-refractivity contribution in [2.24, 2.45) is 10.8 Å². The normalized spacial score (nSPS) is 13.1. The van der Waals surface area contributed by atoms with Gasteiger partial charge < -0.3 is 4.48 Å². The Hall–Kier alpha value is -0.0400. The molecule has 0 saturated carbocycles. The van der Waals surface area contributed by atoms with Crippen molar-refractivity contribution in [3.8, 4) is 0 Å². The number of quaternary nitrogens is 1. The monoisotopic (exact) mass is 244 g/mol. The molecule has 0 rings (SSSR count). The third-order valence-electron chi connectivity index (χ3n) is 2.53. The van der Waals surface area contributed by atoms with E-state index in [1.54, 1.807) is 0 Å². The molecule has 1 nitrogen and oxygen atoms in total. The molecular formula is C16H38N+. The first-order valence-electron chi connectivity index (χ1n) is 7.07. The first-order chi connectivity index (χ1) is 7.27. The van der Waals surface area contributed by atoms with Gasteiger partial charge in [-0.2, -0.15) is 0 Å². The van der Waals surface area contributed by atoms with E-state index in [-0.39, 0.29) is 0 Å². The molecule has 0 aromatic rings. The van der Waals surface area contributed by atoms with Gasteiger partial charge in [0.25, 0.3) is 0 Å². The summed E-state index contributed by atoms with van der Waals surface area (Å²) in [5.74, 6) is 0. The van der Waals surface area contributed by atoms with Gasteiger partial charge in [0.05, 0.1) is 27.7 Å². The zero-order valence-corrected chi connectivity index (χ0v) is 14.3. The molecule has 0 bridgehead atoms. The maximum absolute atomic E-state index is 2.29. The molecule has 0 amide bonds. The Bertz CT molecular complexity index is 159. The first-order valence-corrected chi connectivity index (χ1v) is 7.07. The standard InChI is InChI=1S/C9H22N.C7H16/c1-9(2,3)7-8-10(4,5)6;1-5-6-7(2,3)4/h7-8H2,1-6H3;5-6H2,1-4H3/q+1;. The molecule has 0 N–H and O–H groups in total. The SMILES string of the molecule is CC(C)(C)CC[N+](C)(C)C.CCCC(C)(C)C. The highest BCUT2D eigenvalue weighted by molar-refractivity contribution is 4.59. The lowest BCUT2D eigenvalue weighted by Gasteiger charge is -2.28. The second kappa shape index (κ2) is 7.41. The molecular weight excluding hydrogens is 206 g/mol. The van der Waals surface area contributed by atoms with Crippen molar-refractivity contribution < 1.29 is 4.48 Å². The van der Waals surface area contributed by atoms with Crippen molar-refractivity contribution in [1.82, 2.24) is 0 Å². The molecule has 0 unspecified atom stereocenters. The highest BCUT2D eigenvalue weighted by Crippen LogP contribution is 2.19. The van der Waals surface area contributed by atoms with Crippen molar-refractivity contribution in [3.05, 3.63) is 0 Å². The Morgan fingerprint density at radius 3 is 1.12 bits per heavy atom. The smallest absolute Gasteiger partial charge is 0.0785 e. The van der Waals surface area contributed by atoms with Crippen molar-refractivity contribution in [2.45, 2.75) is 67.7 Å². The molecule has 106 valence electrons. The second-order valence-electron chi connectivity index (χ2n) is 8.64. The topological polar surface area (TPSA) is 0 Å². The summed E-state index contributed by atoms with van der Waals surface area (Å²) in [6.45, 7) is 17.2. The van der Waals surface area contributed by atoms with Crippen molar-refractivity contribution in [1.29, 1.82) is 0 Å². The van der Waals surface area contributed by atoms with Crippen LogP contribution in [-0.4, -0.2) is 32.2 Å². The van der Waals surface area contributed by atoms with Crippen LogP contribution in [-0.2, 0) is 0 Å². The van der Waals surface area contributed by atoms with E-state index >= 15 is 0 Å². The van der Waals surface area contributed by atoms with E-state index in [1.165, 1.54) is 25.8 Å². The van der Waals surface area contributed by atoms with Crippen LogP contribution in [0.1, 0.15) is 67.7 Å². The number of rotatable bonds is 3. The number of nitrogens with zero attached hydrogens (tertiary/aromatic N) is 1. The zero-order chi connectivity index (χ0) is 14.3. The average Bonchev–Trinajstić information content (AvgIpc) is 1.97. The van der Waals surface area contributed by atoms with Crippen LogP contribution in [0.15, 0.2) is 0 Å². The van der Waals surface area contributed by atoms with Gasteiger partial charge in [-0.05, 0) is 17.3 Å². The first kappa shape index (κ1) is 19.3. The van der Waals surface area contributed by atoms with Gasteiger partial charge in [-0.15, -0.1) is 0 Å². The predicted octanol–water partition coefficient (Wildman–Crippen LogP) is 4.96. The molecule has 0 aromatic carbocycles. The summed E-state index contributed by atoms with van der Waals surface area (Å²) in [6.07, 6.45) is 3.95. The Balaban J connectivity index is 0. The summed E-state index contributed by atoms with van der Waals surface area (Å²) in [4.78, 5) is 0. The third kappa shape index (κ3) is 25.9. The highest BCUT2D eigenvalue weighted by Gasteiger charge is 2.15. The fraction of sp³-hybridized carbons (Fsp3) is 1.00. The van der Waals surface area contributed by atoms with Gasteiger partial charge in [0, 0.05) is 6.42 Å². The van der Waals surface area contributed by atoms with Crippen LogP contribution in [0.25, 0.3) is 0 Å². The summed E-state index contributed by atoms with van der Waals surface area (Å²) in [6, 6.07) is 0. The lowest BCUT2D eigenvalue weighted by molar-refractivity contribution is -0.871. The third-order valence-corrected chi connectivity index (χ3v) is 2.53. The molecule has 0 aromatic heterocycles. The minimum Gasteiger partial charge on any atom is -0.331 e. The van der Waals surface area contributed by atoms with E-state index in [4.69, 9.17) is 0 Å². The van der Waals surface area contributed by atoms with Gasteiger partial charge in [-0.25, -0.2) is 0 Å². The van der Waals surface area contributed by atoms with Crippen LogP contribution in [0.5, 0.6) is 0 Å². The Labute approximate surface area is 111 Å². The van der Waals surface area contributed by atoms with Crippen molar-refractivity contribution in [2.75, 3.05) is 27.7 Å².